The minimum atomic E-state index is -0.185. The summed E-state index contributed by atoms with van der Waals surface area (Å²) >= 11 is 0. The van der Waals surface area contributed by atoms with E-state index < -0.39 is 0 Å². The number of nitrogens with two attached hydrogens (primary N) is 1. The van der Waals surface area contributed by atoms with Gasteiger partial charge in [0.2, 0.25) is 0 Å². The minimum Gasteiger partial charge on any atom is -0.330 e. The van der Waals surface area contributed by atoms with Crippen molar-refractivity contribution in [1.29, 1.82) is 0 Å². The summed E-state index contributed by atoms with van der Waals surface area (Å²) in [6.07, 6.45) is 1.57. The van der Waals surface area contributed by atoms with E-state index in [1.54, 1.807) is 24.3 Å². The molecule has 2 amide bonds. The molecule has 1 aromatic carbocycles. The van der Waals surface area contributed by atoms with Crippen LogP contribution in [0, 0.1) is 0 Å². The number of amides is 2. The first-order valence-electron chi connectivity index (χ1n) is 5.83. The van der Waals surface area contributed by atoms with Crippen LogP contribution in [0.1, 0.15) is 40.5 Å². The normalized spacial score (nSPS) is 16.2. The number of carbonyl (C=O) groups excluding carboxylic acids is 2. The summed E-state index contributed by atoms with van der Waals surface area (Å²) in [6, 6.07) is 6.86. The maximum atomic E-state index is 12.1. The van der Waals surface area contributed by atoms with Gasteiger partial charge in [0.05, 0.1) is 11.1 Å². The van der Waals surface area contributed by atoms with Crippen molar-refractivity contribution >= 4 is 11.8 Å². The second-order valence-electron chi connectivity index (χ2n) is 4.31. The van der Waals surface area contributed by atoms with Crippen LogP contribution in [0.4, 0.5) is 0 Å². The molecule has 1 aliphatic heterocycles. The topological polar surface area (TPSA) is 63.4 Å². The van der Waals surface area contributed by atoms with Crippen LogP contribution in [0.3, 0.4) is 0 Å². The zero-order valence-electron chi connectivity index (χ0n) is 9.85. The Hall–Kier alpha value is -1.68. The van der Waals surface area contributed by atoms with Gasteiger partial charge < -0.3 is 5.73 Å². The van der Waals surface area contributed by atoms with Crippen molar-refractivity contribution in [2.45, 2.75) is 25.8 Å². The quantitative estimate of drug-likeness (QED) is 0.798. The van der Waals surface area contributed by atoms with Crippen molar-refractivity contribution in [1.82, 2.24) is 4.90 Å². The van der Waals surface area contributed by atoms with Gasteiger partial charge in [-0.3, -0.25) is 14.5 Å². The van der Waals surface area contributed by atoms with Crippen LogP contribution < -0.4 is 5.73 Å². The van der Waals surface area contributed by atoms with Crippen molar-refractivity contribution in [2.75, 3.05) is 6.54 Å². The van der Waals surface area contributed by atoms with Gasteiger partial charge in [-0.25, -0.2) is 0 Å². The predicted octanol–water partition coefficient (Wildman–Crippen LogP) is 1.41. The van der Waals surface area contributed by atoms with Crippen LogP contribution in [0.5, 0.6) is 0 Å². The number of fused-ring (bicyclic) bond motifs is 1. The van der Waals surface area contributed by atoms with Crippen molar-refractivity contribution in [3.8, 4) is 0 Å². The lowest BCUT2D eigenvalue weighted by Crippen LogP contribution is -2.38. The third kappa shape index (κ3) is 1.96. The smallest absolute Gasteiger partial charge is 0.261 e. The molecule has 0 bridgehead atoms. The van der Waals surface area contributed by atoms with E-state index in [0.29, 0.717) is 17.7 Å². The Balaban J connectivity index is 2.24. The SMILES string of the molecule is CC(CCCN)N1C(=O)c2ccccc2C1=O. The molecule has 0 saturated carbocycles. The van der Waals surface area contributed by atoms with Crippen LogP contribution >= 0.6 is 0 Å². The first kappa shape index (κ1) is 11.8. The van der Waals surface area contributed by atoms with E-state index in [1.165, 1.54) is 4.90 Å². The van der Waals surface area contributed by atoms with Gasteiger partial charge in [-0.05, 0) is 38.4 Å². The Morgan fingerprint density at radius 1 is 1.18 bits per heavy atom. The fourth-order valence-electron chi connectivity index (χ4n) is 2.15. The van der Waals surface area contributed by atoms with E-state index in [0.717, 1.165) is 12.8 Å². The van der Waals surface area contributed by atoms with Gasteiger partial charge in [0, 0.05) is 6.04 Å². The summed E-state index contributed by atoms with van der Waals surface area (Å²) in [5, 5.41) is 0. The van der Waals surface area contributed by atoms with Gasteiger partial charge in [-0.2, -0.15) is 0 Å². The predicted molar refractivity (Wildman–Crippen MR) is 64.7 cm³/mol. The molecule has 1 heterocycles. The molecule has 2 N–H and O–H groups in total. The average Bonchev–Trinajstić information content (AvgIpc) is 2.60. The van der Waals surface area contributed by atoms with Gasteiger partial charge in [0.15, 0.2) is 0 Å². The third-order valence-electron chi connectivity index (χ3n) is 3.09. The highest BCUT2D eigenvalue weighted by Gasteiger charge is 2.37. The lowest BCUT2D eigenvalue weighted by atomic mass is 10.1. The minimum absolute atomic E-state index is 0.0917. The molecule has 4 nitrogen and oxygen atoms in total. The molecule has 1 atom stereocenters. The molecular formula is C13H16N2O2. The van der Waals surface area contributed by atoms with Gasteiger partial charge in [0.1, 0.15) is 0 Å². The number of hydrogen-bond acceptors (Lipinski definition) is 3. The van der Waals surface area contributed by atoms with Crippen LogP contribution in [0.25, 0.3) is 0 Å². The summed E-state index contributed by atoms with van der Waals surface area (Å²) in [5.74, 6) is -0.370. The lowest BCUT2D eigenvalue weighted by molar-refractivity contribution is 0.0589. The Labute approximate surface area is 100 Å². The van der Waals surface area contributed by atoms with Crippen molar-refractivity contribution in [3.63, 3.8) is 0 Å². The first-order valence-corrected chi connectivity index (χ1v) is 5.83. The second-order valence-corrected chi connectivity index (χ2v) is 4.31. The van der Waals surface area contributed by atoms with Gasteiger partial charge in [-0.15, -0.1) is 0 Å². The summed E-state index contributed by atoms with van der Waals surface area (Å²) in [5.41, 5.74) is 6.46. The largest absolute Gasteiger partial charge is 0.330 e. The molecule has 0 aromatic heterocycles. The second kappa shape index (κ2) is 4.67. The maximum Gasteiger partial charge on any atom is 0.261 e. The average molecular weight is 232 g/mol. The highest BCUT2D eigenvalue weighted by molar-refractivity contribution is 6.21. The lowest BCUT2D eigenvalue weighted by Gasteiger charge is -2.22. The molecule has 0 aliphatic carbocycles. The fraction of sp³-hybridized carbons (Fsp3) is 0.385. The number of hydrogen-bond donors (Lipinski definition) is 1. The molecule has 2 rings (SSSR count). The summed E-state index contributed by atoms with van der Waals surface area (Å²) in [7, 11) is 0. The summed E-state index contributed by atoms with van der Waals surface area (Å²) < 4.78 is 0. The Morgan fingerprint density at radius 2 is 1.71 bits per heavy atom. The van der Waals surface area contributed by atoms with Crippen LogP contribution in [0.2, 0.25) is 0 Å². The third-order valence-corrected chi connectivity index (χ3v) is 3.09. The molecule has 17 heavy (non-hydrogen) atoms. The number of carbonyl (C=O) groups is 2. The molecule has 1 aliphatic rings. The van der Waals surface area contributed by atoms with Gasteiger partial charge >= 0.3 is 0 Å². The molecule has 0 spiro atoms. The monoisotopic (exact) mass is 232 g/mol. The Kier molecular flexibility index (Phi) is 3.24. The molecule has 4 heteroatoms. The van der Waals surface area contributed by atoms with E-state index >= 15 is 0 Å². The molecular weight excluding hydrogens is 216 g/mol. The van der Waals surface area contributed by atoms with Crippen molar-refractivity contribution in [3.05, 3.63) is 35.4 Å². The Morgan fingerprint density at radius 3 is 2.18 bits per heavy atom. The zero-order chi connectivity index (χ0) is 12.4. The van der Waals surface area contributed by atoms with Crippen LogP contribution in [0.15, 0.2) is 24.3 Å². The van der Waals surface area contributed by atoms with Gasteiger partial charge in [0.25, 0.3) is 11.8 Å². The number of rotatable bonds is 4. The molecule has 0 saturated heterocycles. The highest BCUT2D eigenvalue weighted by atomic mass is 16.2. The molecule has 0 radical (unpaired) electrons. The standard InChI is InChI=1S/C13H16N2O2/c1-9(5-4-8-14)15-12(16)10-6-2-3-7-11(10)13(15)17/h2-3,6-7,9H,4-5,8,14H2,1H3. The number of imide groups is 1. The van der Waals surface area contributed by atoms with E-state index in [1.807, 2.05) is 6.92 Å². The van der Waals surface area contributed by atoms with Crippen molar-refractivity contribution < 1.29 is 9.59 Å². The molecule has 1 unspecified atom stereocenters. The van der Waals surface area contributed by atoms with E-state index in [2.05, 4.69) is 0 Å². The van der Waals surface area contributed by atoms with Crippen LogP contribution in [-0.2, 0) is 0 Å². The summed E-state index contributed by atoms with van der Waals surface area (Å²) in [4.78, 5) is 25.5. The number of benzene rings is 1. The first-order chi connectivity index (χ1) is 8.16. The number of nitrogens with zero attached hydrogens (tertiary/aromatic N) is 1. The summed E-state index contributed by atoms with van der Waals surface area (Å²) in [6.45, 7) is 2.46. The molecule has 0 fully saturated rings. The van der Waals surface area contributed by atoms with Crippen LogP contribution in [-0.4, -0.2) is 29.3 Å². The van der Waals surface area contributed by atoms with Gasteiger partial charge in [-0.1, -0.05) is 12.1 Å². The van der Waals surface area contributed by atoms with Crippen molar-refractivity contribution in [2.24, 2.45) is 5.73 Å². The van der Waals surface area contributed by atoms with E-state index in [-0.39, 0.29) is 17.9 Å². The Bertz CT molecular complexity index is 421. The maximum absolute atomic E-state index is 12.1. The molecule has 1 aromatic rings. The fourth-order valence-corrected chi connectivity index (χ4v) is 2.15. The van der Waals surface area contributed by atoms with E-state index in [9.17, 15) is 9.59 Å². The molecule has 90 valence electrons. The zero-order valence-corrected chi connectivity index (χ0v) is 9.85. The highest BCUT2D eigenvalue weighted by Crippen LogP contribution is 2.25. The van der Waals surface area contributed by atoms with E-state index in [4.69, 9.17) is 5.73 Å².